The Morgan fingerprint density at radius 2 is 1.43 bits per heavy atom. The summed E-state index contributed by atoms with van der Waals surface area (Å²) in [5.41, 5.74) is 5.24. The summed E-state index contributed by atoms with van der Waals surface area (Å²) < 4.78 is 1.59. The molecule has 0 saturated heterocycles. The SMILES string of the molecule is O=C1c2c(O)c(=O)cnn2[C@H](C2c3ccccc3CCc3ccccc32)CN1Cc1ccccc1. The molecule has 2 heterocycles. The third kappa shape index (κ3) is 3.62. The lowest BCUT2D eigenvalue weighted by molar-refractivity contribution is 0.0618. The first-order valence-corrected chi connectivity index (χ1v) is 11.9. The quantitative estimate of drug-likeness (QED) is 0.497. The van der Waals surface area contributed by atoms with Gasteiger partial charge in [0.05, 0.1) is 12.2 Å². The number of hydrogen-bond acceptors (Lipinski definition) is 4. The van der Waals surface area contributed by atoms with E-state index >= 15 is 0 Å². The second-order valence-corrected chi connectivity index (χ2v) is 9.26. The van der Waals surface area contributed by atoms with Crippen molar-refractivity contribution in [2.24, 2.45) is 0 Å². The van der Waals surface area contributed by atoms with Gasteiger partial charge in [0, 0.05) is 19.0 Å². The van der Waals surface area contributed by atoms with Crippen molar-refractivity contribution in [1.82, 2.24) is 14.7 Å². The molecule has 1 aliphatic carbocycles. The molecule has 0 fully saturated rings. The van der Waals surface area contributed by atoms with Crippen molar-refractivity contribution in [3.63, 3.8) is 0 Å². The zero-order valence-corrected chi connectivity index (χ0v) is 19.2. The smallest absolute Gasteiger partial charge is 0.276 e. The Labute approximate surface area is 203 Å². The highest BCUT2D eigenvalue weighted by atomic mass is 16.3. The van der Waals surface area contributed by atoms with Gasteiger partial charge in [-0.2, -0.15) is 5.10 Å². The highest BCUT2D eigenvalue weighted by Crippen LogP contribution is 2.43. The minimum atomic E-state index is -0.647. The van der Waals surface area contributed by atoms with E-state index in [9.17, 15) is 14.7 Å². The molecule has 6 heteroatoms. The van der Waals surface area contributed by atoms with Gasteiger partial charge in [-0.3, -0.25) is 14.3 Å². The van der Waals surface area contributed by atoms with E-state index in [-0.39, 0.29) is 23.6 Å². The molecule has 3 aromatic carbocycles. The lowest BCUT2D eigenvalue weighted by Gasteiger charge is -2.39. The van der Waals surface area contributed by atoms with Crippen molar-refractivity contribution in [2.45, 2.75) is 31.3 Å². The van der Waals surface area contributed by atoms with Crippen molar-refractivity contribution in [1.29, 1.82) is 0 Å². The average Bonchev–Trinajstić information content (AvgIpc) is 3.05. The Balaban J connectivity index is 1.56. The molecule has 1 aliphatic heterocycles. The van der Waals surface area contributed by atoms with Crippen LogP contribution in [0.5, 0.6) is 5.75 Å². The predicted octanol–water partition coefficient (Wildman–Crippen LogP) is 4.08. The largest absolute Gasteiger partial charge is 0.502 e. The number of rotatable bonds is 3. The van der Waals surface area contributed by atoms with Crippen LogP contribution in [0.3, 0.4) is 0 Å². The monoisotopic (exact) mass is 463 g/mol. The first-order valence-electron chi connectivity index (χ1n) is 11.9. The summed E-state index contributed by atoms with van der Waals surface area (Å²) >= 11 is 0. The molecule has 6 nitrogen and oxygen atoms in total. The van der Waals surface area contributed by atoms with E-state index in [1.54, 1.807) is 9.58 Å². The maximum atomic E-state index is 13.5. The summed E-state index contributed by atoms with van der Waals surface area (Å²) in [5, 5.41) is 15.1. The van der Waals surface area contributed by atoms with E-state index in [0.29, 0.717) is 13.1 Å². The summed E-state index contributed by atoms with van der Waals surface area (Å²) in [7, 11) is 0. The number of hydrogen-bond donors (Lipinski definition) is 1. The van der Waals surface area contributed by atoms with E-state index < -0.39 is 11.2 Å². The van der Waals surface area contributed by atoms with Crippen LogP contribution in [0.1, 0.15) is 50.3 Å². The van der Waals surface area contributed by atoms with Gasteiger partial charge in [0.1, 0.15) is 0 Å². The molecule has 1 amide bonds. The van der Waals surface area contributed by atoms with Crippen LogP contribution in [0.4, 0.5) is 0 Å². The van der Waals surface area contributed by atoms with E-state index in [0.717, 1.165) is 24.6 Å². The minimum Gasteiger partial charge on any atom is -0.502 e. The molecule has 4 aromatic rings. The van der Waals surface area contributed by atoms with Crippen molar-refractivity contribution in [3.8, 4) is 5.75 Å². The van der Waals surface area contributed by atoms with E-state index in [1.807, 2.05) is 42.5 Å². The number of benzene rings is 3. The average molecular weight is 464 g/mol. The first-order chi connectivity index (χ1) is 17.1. The third-order valence-electron chi connectivity index (χ3n) is 7.24. The lowest BCUT2D eigenvalue weighted by atomic mass is 9.81. The van der Waals surface area contributed by atoms with Crippen molar-refractivity contribution in [3.05, 3.63) is 129 Å². The van der Waals surface area contributed by atoms with E-state index in [2.05, 4.69) is 41.5 Å². The molecule has 0 bridgehead atoms. The van der Waals surface area contributed by atoms with Crippen LogP contribution in [-0.2, 0) is 19.4 Å². The van der Waals surface area contributed by atoms with Gasteiger partial charge in [-0.15, -0.1) is 0 Å². The van der Waals surface area contributed by atoms with Crippen LogP contribution in [0.2, 0.25) is 0 Å². The normalized spacial score (nSPS) is 17.3. The second kappa shape index (κ2) is 8.55. The molecule has 35 heavy (non-hydrogen) atoms. The van der Waals surface area contributed by atoms with Crippen LogP contribution in [-0.4, -0.2) is 32.2 Å². The number of aromatic nitrogens is 2. The maximum Gasteiger partial charge on any atom is 0.276 e. The summed E-state index contributed by atoms with van der Waals surface area (Å²) in [6.07, 6.45) is 2.97. The fraction of sp³-hybridized carbons (Fsp3) is 0.207. The van der Waals surface area contributed by atoms with Gasteiger partial charge in [-0.25, -0.2) is 0 Å². The van der Waals surface area contributed by atoms with Gasteiger partial charge < -0.3 is 10.0 Å². The molecule has 174 valence electrons. The highest BCUT2D eigenvalue weighted by Gasteiger charge is 2.41. The third-order valence-corrected chi connectivity index (χ3v) is 7.24. The Morgan fingerprint density at radius 1 is 0.829 bits per heavy atom. The molecule has 0 saturated carbocycles. The van der Waals surface area contributed by atoms with Gasteiger partial charge in [-0.05, 0) is 40.7 Å². The predicted molar refractivity (Wildman–Crippen MR) is 133 cm³/mol. The van der Waals surface area contributed by atoms with Crippen molar-refractivity contribution in [2.75, 3.05) is 6.54 Å². The molecular formula is C29H25N3O3. The molecule has 1 N–H and O–H groups in total. The maximum absolute atomic E-state index is 13.5. The van der Waals surface area contributed by atoms with Crippen LogP contribution in [0.25, 0.3) is 0 Å². The number of amides is 1. The topological polar surface area (TPSA) is 75.4 Å². The van der Waals surface area contributed by atoms with Gasteiger partial charge in [-0.1, -0.05) is 78.9 Å². The first kappa shape index (κ1) is 21.4. The van der Waals surface area contributed by atoms with Gasteiger partial charge >= 0.3 is 0 Å². The van der Waals surface area contributed by atoms with Crippen LogP contribution in [0.15, 0.2) is 89.9 Å². The Bertz CT molecular complexity index is 1430. The minimum absolute atomic E-state index is 0.0381. The molecule has 0 unspecified atom stereocenters. The van der Waals surface area contributed by atoms with Crippen LogP contribution >= 0.6 is 0 Å². The fourth-order valence-electron chi connectivity index (χ4n) is 5.61. The van der Waals surface area contributed by atoms with Gasteiger partial charge in [0.15, 0.2) is 11.4 Å². The second-order valence-electron chi connectivity index (χ2n) is 9.26. The number of carbonyl (C=O) groups is 1. The molecule has 1 atom stereocenters. The zero-order chi connectivity index (χ0) is 23.9. The van der Waals surface area contributed by atoms with Crippen molar-refractivity contribution < 1.29 is 9.90 Å². The summed E-state index contributed by atoms with van der Waals surface area (Å²) in [4.78, 5) is 27.6. The highest BCUT2D eigenvalue weighted by molar-refractivity contribution is 5.95. The summed E-state index contributed by atoms with van der Waals surface area (Å²) in [5.74, 6) is -1.02. The summed E-state index contributed by atoms with van der Waals surface area (Å²) in [6.45, 7) is 0.790. The Kier molecular flexibility index (Phi) is 5.21. The number of aromatic hydroxyl groups is 1. The Hall–Kier alpha value is -4.19. The molecule has 6 rings (SSSR count). The number of carbonyl (C=O) groups excluding carboxylic acids is 1. The molecule has 0 spiro atoms. The fourth-order valence-corrected chi connectivity index (χ4v) is 5.61. The number of aryl methyl sites for hydroxylation is 2. The number of nitrogens with zero attached hydrogens (tertiary/aromatic N) is 3. The summed E-state index contributed by atoms with van der Waals surface area (Å²) in [6, 6.07) is 26.3. The number of fused-ring (bicyclic) bond motifs is 3. The lowest BCUT2D eigenvalue weighted by Crippen LogP contribution is -2.46. The van der Waals surface area contributed by atoms with Crippen molar-refractivity contribution >= 4 is 5.91 Å². The van der Waals surface area contributed by atoms with Gasteiger partial charge in [0.2, 0.25) is 5.43 Å². The molecule has 0 radical (unpaired) electrons. The molecular weight excluding hydrogens is 438 g/mol. The van der Waals surface area contributed by atoms with Gasteiger partial charge in [0.25, 0.3) is 5.91 Å². The van der Waals surface area contributed by atoms with E-state index in [4.69, 9.17) is 0 Å². The van der Waals surface area contributed by atoms with Crippen LogP contribution in [0, 0.1) is 0 Å². The van der Waals surface area contributed by atoms with E-state index in [1.165, 1.54) is 22.3 Å². The zero-order valence-electron chi connectivity index (χ0n) is 19.2. The standard InChI is InChI=1S/C29H25N3O3/c33-25-16-30-32-24(18-31(29(35)27(32)28(25)34)17-19-8-2-1-3-9-19)26-22-12-6-4-10-20(22)14-15-21-11-5-7-13-23(21)26/h1-13,16,24,26,34H,14-15,17-18H2/t24-/m0/s1. The molecule has 1 aromatic heterocycles. The molecule has 2 aliphatic rings. The Morgan fingerprint density at radius 3 is 2.09 bits per heavy atom. The van der Waals surface area contributed by atoms with Crippen LogP contribution < -0.4 is 5.43 Å².